The molecular weight excluding hydrogens is 176 g/mol. The second kappa shape index (κ2) is 5.10. The molecule has 0 amide bonds. The van der Waals surface area contributed by atoms with Gasteiger partial charge in [-0.1, -0.05) is 0 Å². The third-order valence-electron chi connectivity index (χ3n) is 3.38. The van der Waals surface area contributed by atoms with Crippen LogP contribution < -0.4 is 5.32 Å². The minimum Gasteiger partial charge on any atom is -0.381 e. The van der Waals surface area contributed by atoms with E-state index in [1.165, 1.54) is 32.5 Å². The highest BCUT2D eigenvalue weighted by molar-refractivity contribution is 4.75. The summed E-state index contributed by atoms with van der Waals surface area (Å²) >= 11 is 0. The van der Waals surface area contributed by atoms with Gasteiger partial charge in [0.25, 0.3) is 0 Å². The Morgan fingerprint density at radius 2 is 2.14 bits per heavy atom. The fraction of sp³-hybridized carbons (Fsp3) is 1.00. The van der Waals surface area contributed by atoms with Gasteiger partial charge < -0.3 is 15.0 Å². The Morgan fingerprint density at radius 3 is 2.79 bits per heavy atom. The van der Waals surface area contributed by atoms with Gasteiger partial charge in [-0.15, -0.1) is 0 Å². The van der Waals surface area contributed by atoms with E-state index in [4.69, 9.17) is 4.74 Å². The Labute approximate surface area is 86.8 Å². The summed E-state index contributed by atoms with van der Waals surface area (Å²) in [5.74, 6) is 1.65. The molecule has 2 saturated heterocycles. The molecule has 0 spiro atoms. The minimum atomic E-state index is 0.772. The number of rotatable bonds is 4. The first-order valence-corrected chi connectivity index (χ1v) is 5.81. The molecule has 2 heterocycles. The van der Waals surface area contributed by atoms with E-state index in [9.17, 15) is 0 Å². The van der Waals surface area contributed by atoms with Crippen LogP contribution in [0.3, 0.4) is 0 Å². The smallest absolute Gasteiger partial charge is 0.0507 e. The summed E-state index contributed by atoms with van der Waals surface area (Å²) in [6.45, 7) is 6.84. The van der Waals surface area contributed by atoms with Crippen molar-refractivity contribution in [2.75, 3.05) is 46.4 Å². The highest BCUT2D eigenvalue weighted by atomic mass is 16.5. The number of hydrogen-bond donors (Lipinski definition) is 1. The number of nitrogens with one attached hydrogen (secondary N) is 1. The fourth-order valence-electron chi connectivity index (χ4n) is 2.43. The van der Waals surface area contributed by atoms with Gasteiger partial charge in [0.1, 0.15) is 0 Å². The average molecular weight is 198 g/mol. The van der Waals surface area contributed by atoms with Gasteiger partial charge in [0.05, 0.1) is 6.61 Å². The van der Waals surface area contributed by atoms with Crippen LogP contribution in [-0.2, 0) is 4.74 Å². The van der Waals surface area contributed by atoms with Gasteiger partial charge in [-0.2, -0.15) is 0 Å². The molecule has 0 radical (unpaired) electrons. The summed E-state index contributed by atoms with van der Waals surface area (Å²) in [7, 11) is 2.21. The molecule has 2 atom stereocenters. The van der Waals surface area contributed by atoms with E-state index in [1.54, 1.807) is 0 Å². The van der Waals surface area contributed by atoms with Crippen LogP contribution in [0.15, 0.2) is 0 Å². The normalized spacial score (nSPS) is 34.1. The quantitative estimate of drug-likeness (QED) is 0.714. The third-order valence-corrected chi connectivity index (χ3v) is 3.38. The van der Waals surface area contributed by atoms with Crippen molar-refractivity contribution in [1.82, 2.24) is 10.2 Å². The van der Waals surface area contributed by atoms with E-state index in [2.05, 4.69) is 17.3 Å². The molecular formula is C11H22N2O. The zero-order valence-corrected chi connectivity index (χ0v) is 9.17. The largest absolute Gasteiger partial charge is 0.381 e. The molecule has 2 rings (SSSR count). The predicted octanol–water partition coefficient (Wildman–Crippen LogP) is 0.564. The lowest BCUT2D eigenvalue weighted by Crippen LogP contribution is -2.29. The lowest BCUT2D eigenvalue weighted by molar-refractivity contribution is 0.185. The van der Waals surface area contributed by atoms with Crippen molar-refractivity contribution < 1.29 is 4.74 Å². The minimum absolute atomic E-state index is 0.772. The Hall–Kier alpha value is -0.120. The number of nitrogens with zero attached hydrogens (tertiary/aromatic N) is 1. The lowest BCUT2D eigenvalue weighted by atomic mass is 10.1. The van der Waals surface area contributed by atoms with E-state index in [0.29, 0.717) is 0 Å². The van der Waals surface area contributed by atoms with Gasteiger partial charge in [0.2, 0.25) is 0 Å². The van der Waals surface area contributed by atoms with E-state index in [-0.39, 0.29) is 0 Å². The standard InChI is InChI=1S/C11H22N2O/c1-13-4-2-10(8-13)6-12-7-11-3-5-14-9-11/h10-12H,2-9H2,1H3. The zero-order valence-electron chi connectivity index (χ0n) is 9.17. The summed E-state index contributed by atoms with van der Waals surface area (Å²) < 4.78 is 5.35. The lowest BCUT2D eigenvalue weighted by Gasteiger charge is -2.13. The Morgan fingerprint density at radius 1 is 1.29 bits per heavy atom. The molecule has 3 heteroatoms. The third kappa shape index (κ3) is 2.94. The van der Waals surface area contributed by atoms with Gasteiger partial charge in [0, 0.05) is 19.7 Å². The maximum Gasteiger partial charge on any atom is 0.0507 e. The molecule has 0 aromatic heterocycles. The van der Waals surface area contributed by atoms with E-state index >= 15 is 0 Å². The molecule has 0 aromatic rings. The summed E-state index contributed by atoms with van der Waals surface area (Å²) in [6.07, 6.45) is 2.61. The fourth-order valence-corrected chi connectivity index (χ4v) is 2.43. The van der Waals surface area contributed by atoms with Crippen molar-refractivity contribution in [3.05, 3.63) is 0 Å². The molecule has 0 saturated carbocycles. The molecule has 3 nitrogen and oxygen atoms in total. The van der Waals surface area contributed by atoms with Crippen molar-refractivity contribution >= 4 is 0 Å². The number of likely N-dealkylation sites (tertiary alicyclic amines) is 1. The van der Waals surface area contributed by atoms with Gasteiger partial charge in [-0.25, -0.2) is 0 Å². The first-order valence-electron chi connectivity index (χ1n) is 5.81. The van der Waals surface area contributed by atoms with Crippen molar-refractivity contribution in [1.29, 1.82) is 0 Å². The van der Waals surface area contributed by atoms with Crippen LogP contribution in [0.25, 0.3) is 0 Å². The first-order chi connectivity index (χ1) is 6.84. The van der Waals surface area contributed by atoms with Gasteiger partial charge in [-0.05, 0) is 44.8 Å². The topological polar surface area (TPSA) is 24.5 Å². The van der Waals surface area contributed by atoms with Crippen LogP contribution in [0.4, 0.5) is 0 Å². The molecule has 2 aliphatic heterocycles. The van der Waals surface area contributed by atoms with Crippen molar-refractivity contribution in [2.24, 2.45) is 11.8 Å². The van der Waals surface area contributed by atoms with Gasteiger partial charge >= 0.3 is 0 Å². The van der Waals surface area contributed by atoms with Crippen molar-refractivity contribution in [3.63, 3.8) is 0 Å². The van der Waals surface area contributed by atoms with Crippen LogP contribution >= 0.6 is 0 Å². The molecule has 0 aliphatic carbocycles. The molecule has 2 aliphatic rings. The SMILES string of the molecule is CN1CCC(CNCC2CCOC2)C1. The highest BCUT2D eigenvalue weighted by Crippen LogP contribution is 2.14. The monoisotopic (exact) mass is 198 g/mol. The predicted molar refractivity (Wildman–Crippen MR) is 57.4 cm³/mol. The number of hydrogen-bond acceptors (Lipinski definition) is 3. The first kappa shape index (κ1) is 10.4. The maximum atomic E-state index is 5.35. The van der Waals surface area contributed by atoms with Crippen molar-refractivity contribution in [2.45, 2.75) is 12.8 Å². The van der Waals surface area contributed by atoms with Crippen LogP contribution in [0, 0.1) is 11.8 Å². The van der Waals surface area contributed by atoms with E-state index in [1.807, 2.05) is 0 Å². The van der Waals surface area contributed by atoms with Gasteiger partial charge in [0.15, 0.2) is 0 Å². The summed E-state index contributed by atoms with van der Waals surface area (Å²) in [5, 5.41) is 3.58. The Bertz CT molecular complexity index is 169. The van der Waals surface area contributed by atoms with E-state index in [0.717, 1.165) is 31.6 Å². The van der Waals surface area contributed by atoms with Crippen LogP contribution in [0.2, 0.25) is 0 Å². The second-order valence-corrected chi connectivity index (χ2v) is 4.80. The number of ether oxygens (including phenoxy) is 1. The van der Waals surface area contributed by atoms with Crippen molar-refractivity contribution in [3.8, 4) is 0 Å². The molecule has 14 heavy (non-hydrogen) atoms. The summed E-state index contributed by atoms with van der Waals surface area (Å²) in [5.41, 5.74) is 0. The highest BCUT2D eigenvalue weighted by Gasteiger charge is 2.20. The average Bonchev–Trinajstić information content (AvgIpc) is 2.77. The van der Waals surface area contributed by atoms with Gasteiger partial charge in [-0.3, -0.25) is 0 Å². The Kier molecular flexibility index (Phi) is 3.79. The van der Waals surface area contributed by atoms with Crippen LogP contribution in [0.1, 0.15) is 12.8 Å². The van der Waals surface area contributed by atoms with Crippen LogP contribution in [0.5, 0.6) is 0 Å². The summed E-state index contributed by atoms with van der Waals surface area (Å²) in [4.78, 5) is 2.42. The molecule has 0 aromatic carbocycles. The van der Waals surface area contributed by atoms with Crippen LogP contribution in [-0.4, -0.2) is 51.3 Å². The molecule has 1 N–H and O–H groups in total. The Balaban J connectivity index is 1.54. The molecule has 2 unspecified atom stereocenters. The molecule has 2 fully saturated rings. The zero-order chi connectivity index (χ0) is 9.80. The molecule has 82 valence electrons. The maximum absolute atomic E-state index is 5.35. The summed E-state index contributed by atoms with van der Waals surface area (Å²) in [6, 6.07) is 0. The molecule has 0 bridgehead atoms. The van der Waals surface area contributed by atoms with E-state index < -0.39 is 0 Å². The second-order valence-electron chi connectivity index (χ2n) is 4.80.